The Morgan fingerprint density at radius 3 is 1.19 bits per heavy atom. The fourth-order valence-electron chi connectivity index (χ4n) is 3.76. The van der Waals surface area contributed by atoms with Crippen molar-refractivity contribution in [3.05, 3.63) is 0 Å². The van der Waals surface area contributed by atoms with Crippen LogP contribution in [0, 0.1) is 0 Å². The SMILES string of the molecule is CCCCCCCCCCC(O)(CCCCCCCCCC)C(O)CO. The van der Waals surface area contributed by atoms with Crippen molar-refractivity contribution >= 4 is 0 Å². The Balaban J connectivity index is 3.86. The Morgan fingerprint density at radius 1 is 0.577 bits per heavy atom. The molecule has 0 aliphatic carbocycles. The highest BCUT2D eigenvalue weighted by atomic mass is 16.4. The average molecular weight is 373 g/mol. The second-order valence-electron chi connectivity index (χ2n) is 8.25. The van der Waals surface area contributed by atoms with E-state index in [2.05, 4.69) is 13.8 Å². The number of aliphatic hydroxyl groups is 3. The summed E-state index contributed by atoms with van der Waals surface area (Å²) in [5.41, 5.74) is -1.10. The smallest absolute Gasteiger partial charge is 0.106 e. The monoisotopic (exact) mass is 372 g/mol. The molecule has 0 aromatic carbocycles. The molecule has 0 aromatic rings. The normalized spacial score (nSPS) is 13.3. The van der Waals surface area contributed by atoms with E-state index in [4.69, 9.17) is 0 Å². The van der Waals surface area contributed by atoms with Gasteiger partial charge in [0.25, 0.3) is 0 Å². The molecule has 0 amide bonds. The minimum atomic E-state index is -1.10. The van der Waals surface area contributed by atoms with Crippen LogP contribution in [0.15, 0.2) is 0 Å². The largest absolute Gasteiger partial charge is 0.394 e. The fourth-order valence-corrected chi connectivity index (χ4v) is 3.76. The predicted molar refractivity (Wildman–Crippen MR) is 112 cm³/mol. The van der Waals surface area contributed by atoms with Gasteiger partial charge in [-0.15, -0.1) is 0 Å². The first kappa shape index (κ1) is 25.9. The van der Waals surface area contributed by atoms with Gasteiger partial charge in [-0.3, -0.25) is 0 Å². The summed E-state index contributed by atoms with van der Waals surface area (Å²) in [4.78, 5) is 0. The van der Waals surface area contributed by atoms with Crippen molar-refractivity contribution in [3.8, 4) is 0 Å². The molecule has 3 heteroatoms. The molecule has 0 aliphatic rings. The summed E-state index contributed by atoms with van der Waals surface area (Å²) in [7, 11) is 0. The van der Waals surface area contributed by atoms with Crippen LogP contribution < -0.4 is 0 Å². The molecule has 26 heavy (non-hydrogen) atoms. The van der Waals surface area contributed by atoms with Crippen LogP contribution in [0.25, 0.3) is 0 Å². The lowest BCUT2D eigenvalue weighted by Crippen LogP contribution is -2.44. The Morgan fingerprint density at radius 2 is 0.885 bits per heavy atom. The topological polar surface area (TPSA) is 60.7 Å². The van der Waals surface area contributed by atoms with E-state index in [-0.39, 0.29) is 6.61 Å². The Hall–Kier alpha value is -0.120. The number of unbranched alkanes of at least 4 members (excludes halogenated alkanes) is 14. The molecule has 158 valence electrons. The maximum absolute atomic E-state index is 10.8. The molecular formula is C23H48O3. The lowest BCUT2D eigenvalue weighted by atomic mass is 9.85. The van der Waals surface area contributed by atoms with Gasteiger partial charge in [-0.05, 0) is 12.8 Å². The summed E-state index contributed by atoms with van der Waals surface area (Å²) in [5, 5.41) is 30.2. The summed E-state index contributed by atoms with van der Waals surface area (Å²) in [6, 6.07) is 0. The summed E-state index contributed by atoms with van der Waals surface area (Å²) in [5.74, 6) is 0. The van der Waals surface area contributed by atoms with Crippen molar-refractivity contribution in [1.29, 1.82) is 0 Å². The molecule has 0 fully saturated rings. The molecule has 3 nitrogen and oxygen atoms in total. The molecule has 0 aliphatic heterocycles. The van der Waals surface area contributed by atoms with Crippen LogP contribution in [0.5, 0.6) is 0 Å². The quantitative estimate of drug-likeness (QED) is 0.225. The van der Waals surface area contributed by atoms with Gasteiger partial charge in [0.15, 0.2) is 0 Å². The molecule has 0 spiro atoms. The van der Waals surface area contributed by atoms with Gasteiger partial charge in [-0.25, -0.2) is 0 Å². The van der Waals surface area contributed by atoms with E-state index >= 15 is 0 Å². The molecule has 0 aromatic heterocycles. The van der Waals surface area contributed by atoms with Gasteiger partial charge >= 0.3 is 0 Å². The zero-order valence-electron chi connectivity index (χ0n) is 17.9. The summed E-state index contributed by atoms with van der Waals surface area (Å²) in [6.45, 7) is 4.13. The van der Waals surface area contributed by atoms with Crippen molar-refractivity contribution in [1.82, 2.24) is 0 Å². The van der Waals surface area contributed by atoms with Crippen molar-refractivity contribution in [3.63, 3.8) is 0 Å². The fraction of sp³-hybridized carbons (Fsp3) is 1.00. The first-order valence-corrected chi connectivity index (χ1v) is 11.6. The van der Waals surface area contributed by atoms with E-state index in [0.717, 1.165) is 25.7 Å². The van der Waals surface area contributed by atoms with Crippen LogP contribution in [0.4, 0.5) is 0 Å². The highest BCUT2D eigenvalue weighted by molar-refractivity contribution is 4.86. The van der Waals surface area contributed by atoms with Crippen LogP contribution in [0.1, 0.15) is 129 Å². The molecule has 0 bridgehead atoms. The number of hydrogen-bond acceptors (Lipinski definition) is 3. The Labute approximate surface area is 163 Å². The first-order valence-electron chi connectivity index (χ1n) is 11.6. The number of rotatable bonds is 20. The van der Waals surface area contributed by atoms with Crippen molar-refractivity contribution in [2.45, 2.75) is 141 Å². The first-order chi connectivity index (χ1) is 12.6. The van der Waals surface area contributed by atoms with Crippen molar-refractivity contribution in [2.75, 3.05) is 6.61 Å². The van der Waals surface area contributed by atoms with E-state index < -0.39 is 11.7 Å². The lowest BCUT2D eigenvalue weighted by molar-refractivity contribution is -0.106. The van der Waals surface area contributed by atoms with Gasteiger partial charge in [0.1, 0.15) is 6.10 Å². The number of aliphatic hydroxyl groups excluding tert-OH is 2. The van der Waals surface area contributed by atoms with E-state index in [0.29, 0.717) is 12.8 Å². The molecule has 1 unspecified atom stereocenters. The lowest BCUT2D eigenvalue weighted by Gasteiger charge is -2.32. The third-order valence-corrected chi connectivity index (χ3v) is 5.72. The summed E-state index contributed by atoms with van der Waals surface area (Å²) >= 11 is 0. The highest BCUT2D eigenvalue weighted by Crippen LogP contribution is 2.27. The van der Waals surface area contributed by atoms with Crippen LogP contribution in [0.2, 0.25) is 0 Å². The standard InChI is InChI=1S/C23H48O3/c1-3-5-7-9-11-13-15-17-19-23(26,22(25)21-24)20-18-16-14-12-10-8-6-4-2/h22,24-26H,3-21H2,1-2H3. The van der Waals surface area contributed by atoms with Crippen molar-refractivity contribution < 1.29 is 15.3 Å². The maximum Gasteiger partial charge on any atom is 0.106 e. The van der Waals surface area contributed by atoms with Crippen LogP contribution in [0.3, 0.4) is 0 Å². The summed E-state index contributed by atoms with van der Waals surface area (Å²) < 4.78 is 0. The van der Waals surface area contributed by atoms with Gasteiger partial charge < -0.3 is 15.3 Å². The van der Waals surface area contributed by atoms with E-state index in [1.807, 2.05) is 0 Å². The maximum atomic E-state index is 10.8. The zero-order valence-corrected chi connectivity index (χ0v) is 17.9. The van der Waals surface area contributed by atoms with Crippen LogP contribution in [-0.4, -0.2) is 33.6 Å². The predicted octanol–water partition coefficient (Wildman–Crippen LogP) is 6.13. The number of hydrogen-bond donors (Lipinski definition) is 3. The van der Waals surface area contributed by atoms with Crippen LogP contribution in [-0.2, 0) is 0 Å². The van der Waals surface area contributed by atoms with E-state index in [9.17, 15) is 15.3 Å². The molecule has 0 rings (SSSR count). The van der Waals surface area contributed by atoms with E-state index in [1.165, 1.54) is 77.0 Å². The third-order valence-electron chi connectivity index (χ3n) is 5.72. The molecular weight excluding hydrogens is 324 g/mol. The molecule has 0 heterocycles. The molecule has 1 atom stereocenters. The zero-order chi connectivity index (χ0) is 19.5. The second-order valence-corrected chi connectivity index (χ2v) is 8.25. The van der Waals surface area contributed by atoms with Gasteiger partial charge in [0.2, 0.25) is 0 Å². The molecule has 0 saturated carbocycles. The van der Waals surface area contributed by atoms with Gasteiger partial charge in [-0.2, -0.15) is 0 Å². The van der Waals surface area contributed by atoms with Crippen LogP contribution >= 0.6 is 0 Å². The summed E-state index contributed by atoms with van der Waals surface area (Å²) in [6.07, 6.45) is 19.9. The van der Waals surface area contributed by atoms with Gasteiger partial charge in [0, 0.05) is 0 Å². The molecule has 0 radical (unpaired) electrons. The van der Waals surface area contributed by atoms with E-state index in [1.54, 1.807) is 0 Å². The second kappa shape index (κ2) is 18.3. The average Bonchev–Trinajstić information content (AvgIpc) is 2.65. The van der Waals surface area contributed by atoms with Gasteiger partial charge in [0.05, 0.1) is 12.2 Å². The minimum Gasteiger partial charge on any atom is -0.394 e. The molecule has 3 N–H and O–H groups in total. The molecule has 0 saturated heterocycles. The third kappa shape index (κ3) is 14.0. The minimum absolute atomic E-state index is 0.343. The van der Waals surface area contributed by atoms with Crippen molar-refractivity contribution in [2.24, 2.45) is 0 Å². The Kier molecular flexibility index (Phi) is 18.2. The highest BCUT2D eigenvalue weighted by Gasteiger charge is 2.33. The van der Waals surface area contributed by atoms with Gasteiger partial charge in [-0.1, -0.05) is 117 Å². The Bertz CT molecular complexity index is 261.